The largest absolute Gasteiger partial charge is 0.352 e. The van der Waals surface area contributed by atoms with Crippen LogP contribution in [0.25, 0.3) is 11.0 Å². The first-order valence-electron chi connectivity index (χ1n) is 8.57. The highest BCUT2D eigenvalue weighted by Crippen LogP contribution is 2.18. The lowest BCUT2D eigenvalue weighted by molar-refractivity contribution is -0.116. The Morgan fingerprint density at radius 3 is 2.84 bits per heavy atom. The molecule has 0 spiro atoms. The molecule has 0 aliphatic carbocycles. The first kappa shape index (κ1) is 17.0. The highest BCUT2D eigenvalue weighted by molar-refractivity contribution is 5.87. The second-order valence-corrected chi connectivity index (χ2v) is 6.13. The number of aryl methyl sites for hydroxylation is 1. The number of nitrogens with zero attached hydrogens (tertiary/aromatic N) is 2. The van der Waals surface area contributed by atoms with Gasteiger partial charge in [0, 0.05) is 19.5 Å². The lowest BCUT2D eigenvalue weighted by atomic mass is 10.1. The number of fused-ring (bicyclic) bond motifs is 1. The summed E-state index contributed by atoms with van der Waals surface area (Å²) in [6.45, 7) is 5.29. The molecule has 0 aliphatic heterocycles. The van der Waals surface area contributed by atoms with E-state index in [9.17, 15) is 4.79 Å². The summed E-state index contributed by atoms with van der Waals surface area (Å²) in [5.74, 6) is 0.923. The van der Waals surface area contributed by atoms with Gasteiger partial charge in [0.2, 0.25) is 5.91 Å². The quantitative estimate of drug-likeness (QED) is 0.700. The van der Waals surface area contributed by atoms with Crippen molar-refractivity contribution >= 4 is 16.9 Å². The van der Waals surface area contributed by atoms with Crippen LogP contribution >= 0.6 is 0 Å². The molecular formula is C21H23N3O. The van der Waals surface area contributed by atoms with Gasteiger partial charge in [0.15, 0.2) is 0 Å². The van der Waals surface area contributed by atoms with E-state index in [1.807, 2.05) is 25.1 Å². The Morgan fingerprint density at radius 2 is 2.04 bits per heavy atom. The minimum atomic E-state index is -0.0659. The van der Waals surface area contributed by atoms with E-state index in [4.69, 9.17) is 4.98 Å². The van der Waals surface area contributed by atoms with Crippen LogP contribution in [0.1, 0.15) is 23.9 Å². The zero-order valence-corrected chi connectivity index (χ0v) is 14.7. The van der Waals surface area contributed by atoms with Gasteiger partial charge in [0.05, 0.1) is 11.0 Å². The van der Waals surface area contributed by atoms with E-state index in [1.54, 1.807) is 6.08 Å². The minimum absolute atomic E-state index is 0.0659. The van der Waals surface area contributed by atoms with Gasteiger partial charge in [-0.2, -0.15) is 0 Å². The monoisotopic (exact) mass is 333 g/mol. The lowest BCUT2D eigenvalue weighted by Gasteiger charge is -2.10. The van der Waals surface area contributed by atoms with Crippen molar-refractivity contribution in [1.82, 2.24) is 14.9 Å². The van der Waals surface area contributed by atoms with Crippen LogP contribution < -0.4 is 5.32 Å². The van der Waals surface area contributed by atoms with E-state index in [2.05, 4.69) is 47.1 Å². The molecule has 0 atom stereocenters. The normalized spacial score (nSPS) is 11.3. The van der Waals surface area contributed by atoms with E-state index in [0.29, 0.717) is 13.0 Å². The molecule has 128 valence electrons. The highest BCUT2D eigenvalue weighted by atomic mass is 16.1. The molecule has 0 radical (unpaired) electrons. The fraction of sp³-hybridized carbons (Fsp3) is 0.238. The lowest BCUT2D eigenvalue weighted by Crippen LogP contribution is -2.24. The molecule has 1 N–H and O–H groups in total. The summed E-state index contributed by atoms with van der Waals surface area (Å²) >= 11 is 0. The van der Waals surface area contributed by atoms with Gasteiger partial charge in [-0.3, -0.25) is 4.79 Å². The maximum atomic E-state index is 11.6. The van der Waals surface area contributed by atoms with Crippen molar-refractivity contribution in [3.63, 3.8) is 0 Å². The van der Waals surface area contributed by atoms with Crippen molar-refractivity contribution in [1.29, 1.82) is 0 Å². The molecule has 4 heteroatoms. The van der Waals surface area contributed by atoms with Gasteiger partial charge in [0.1, 0.15) is 5.82 Å². The number of hydrogen-bond donors (Lipinski definition) is 1. The van der Waals surface area contributed by atoms with Gasteiger partial charge >= 0.3 is 0 Å². The van der Waals surface area contributed by atoms with Gasteiger partial charge in [-0.05, 0) is 37.6 Å². The number of rotatable bonds is 6. The molecule has 0 unspecified atom stereocenters. The van der Waals surface area contributed by atoms with Gasteiger partial charge in [0.25, 0.3) is 0 Å². The van der Waals surface area contributed by atoms with Crippen LogP contribution in [-0.2, 0) is 17.8 Å². The first-order chi connectivity index (χ1) is 12.2. The number of carbonyl (C=O) groups excluding carboxylic acids is 1. The summed E-state index contributed by atoms with van der Waals surface area (Å²) in [5, 5.41) is 2.90. The van der Waals surface area contributed by atoms with Crippen molar-refractivity contribution in [2.24, 2.45) is 0 Å². The first-order valence-corrected chi connectivity index (χ1v) is 8.57. The number of hydrogen-bond acceptors (Lipinski definition) is 2. The summed E-state index contributed by atoms with van der Waals surface area (Å²) in [5.41, 5.74) is 4.62. The molecule has 1 amide bonds. The summed E-state index contributed by atoms with van der Waals surface area (Å²) in [6, 6.07) is 16.7. The van der Waals surface area contributed by atoms with E-state index in [0.717, 1.165) is 23.4 Å². The maximum absolute atomic E-state index is 11.6. The van der Waals surface area contributed by atoms with Crippen LogP contribution in [0.3, 0.4) is 0 Å². The molecule has 1 aromatic heterocycles. The Labute approximate surface area is 148 Å². The van der Waals surface area contributed by atoms with Gasteiger partial charge < -0.3 is 9.88 Å². The molecule has 3 aromatic rings. The number of amides is 1. The average molecular weight is 333 g/mol. The fourth-order valence-electron chi connectivity index (χ4n) is 2.99. The topological polar surface area (TPSA) is 46.9 Å². The zero-order chi connectivity index (χ0) is 17.6. The van der Waals surface area contributed by atoms with Crippen molar-refractivity contribution in [2.45, 2.75) is 26.8 Å². The molecular weight excluding hydrogens is 310 g/mol. The molecule has 0 saturated heterocycles. The number of para-hydroxylation sites is 2. The van der Waals surface area contributed by atoms with E-state index < -0.39 is 0 Å². The third-order valence-corrected chi connectivity index (χ3v) is 4.12. The standard InChI is InChI=1S/C21H23N3O/c1-3-7-21(25)22-13-12-20-23-18-10-4-5-11-19(18)24(20)15-17-9-6-8-16(2)14-17/h3-11,14H,12-13,15H2,1-2H3,(H,22,25)/b7-3+. The number of benzene rings is 2. The Hall–Kier alpha value is -2.88. The van der Waals surface area contributed by atoms with E-state index >= 15 is 0 Å². The molecule has 1 heterocycles. The van der Waals surface area contributed by atoms with Crippen molar-refractivity contribution in [2.75, 3.05) is 6.54 Å². The van der Waals surface area contributed by atoms with Crippen LogP contribution in [-0.4, -0.2) is 22.0 Å². The molecule has 0 bridgehead atoms. The summed E-state index contributed by atoms with van der Waals surface area (Å²) in [7, 11) is 0. The van der Waals surface area contributed by atoms with Crippen LogP contribution in [0.2, 0.25) is 0 Å². The molecule has 25 heavy (non-hydrogen) atoms. The van der Waals surface area contributed by atoms with Gasteiger partial charge in [-0.25, -0.2) is 4.98 Å². The highest BCUT2D eigenvalue weighted by Gasteiger charge is 2.11. The Bertz CT molecular complexity index is 908. The SMILES string of the molecule is C/C=C/C(=O)NCCc1nc2ccccc2n1Cc1cccc(C)c1. The Morgan fingerprint density at radius 1 is 1.20 bits per heavy atom. The van der Waals surface area contributed by atoms with E-state index in [-0.39, 0.29) is 5.91 Å². The minimum Gasteiger partial charge on any atom is -0.352 e. The summed E-state index contributed by atoms with van der Waals surface area (Å²) < 4.78 is 2.24. The predicted molar refractivity (Wildman–Crippen MR) is 102 cm³/mol. The number of imidazole rings is 1. The number of aromatic nitrogens is 2. The second-order valence-electron chi connectivity index (χ2n) is 6.13. The third kappa shape index (κ3) is 4.15. The van der Waals surface area contributed by atoms with Crippen molar-refractivity contribution in [3.05, 3.63) is 77.6 Å². The maximum Gasteiger partial charge on any atom is 0.243 e. The molecule has 0 saturated carbocycles. The average Bonchev–Trinajstić information content (AvgIpc) is 2.93. The summed E-state index contributed by atoms with van der Waals surface area (Å²) in [4.78, 5) is 16.4. The van der Waals surface area contributed by atoms with Crippen LogP contribution in [0, 0.1) is 6.92 Å². The molecule has 0 aliphatic rings. The van der Waals surface area contributed by atoms with Crippen LogP contribution in [0.15, 0.2) is 60.7 Å². The molecule has 3 rings (SSSR count). The van der Waals surface area contributed by atoms with Gasteiger partial charge in [-0.15, -0.1) is 0 Å². The zero-order valence-electron chi connectivity index (χ0n) is 14.7. The molecule has 2 aromatic carbocycles. The Kier molecular flexibility index (Phi) is 5.29. The fourth-order valence-corrected chi connectivity index (χ4v) is 2.99. The second kappa shape index (κ2) is 7.79. The van der Waals surface area contributed by atoms with Crippen molar-refractivity contribution < 1.29 is 4.79 Å². The smallest absolute Gasteiger partial charge is 0.243 e. The molecule has 0 fully saturated rings. The summed E-state index contributed by atoms with van der Waals surface area (Å²) in [6.07, 6.45) is 3.97. The van der Waals surface area contributed by atoms with E-state index in [1.165, 1.54) is 17.2 Å². The van der Waals surface area contributed by atoms with Crippen molar-refractivity contribution in [3.8, 4) is 0 Å². The number of nitrogens with one attached hydrogen (secondary N) is 1. The van der Waals surface area contributed by atoms with Gasteiger partial charge in [-0.1, -0.05) is 48.0 Å². The Balaban J connectivity index is 1.85. The third-order valence-electron chi connectivity index (χ3n) is 4.12. The van der Waals surface area contributed by atoms with Crippen LogP contribution in [0.4, 0.5) is 0 Å². The molecule has 4 nitrogen and oxygen atoms in total. The predicted octanol–water partition coefficient (Wildman–Crippen LogP) is 3.63. The van der Waals surface area contributed by atoms with Crippen LogP contribution in [0.5, 0.6) is 0 Å². The number of allylic oxidation sites excluding steroid dienone is 1. The number of carbonyl (C=O) groups is 1.